The zero-order chi connectivity index (χ0) is 17.0. The number of hydrogen-bond donors (Lipinski definition) is 1. The molecule has 132 valence electrons. The van der Waals surface area contributed by atoms with Crippen LogP contribution in [-0.4, -0.2) is 53.8 Å². The Kier molecular flexibility index (Phi) is 6.06. The fourth-order valence-electron chi connectivity index (χ4n) is 3.91. The molecule has 1 spiro atoms. The van der Waals surface area contributed by atoms with Crippen molar-refractivity contribution >= 4 is 11.8 Å². The number of unbranched alkanes of at least 4 members (excludes halogenated alkanes) is 1. The van der Waals surface area contributed by atoms with Crippen molar-refractivity contribution in [3.8, 4) is 0 Å². The zero-order valence-electron chi connectivity index (χ0n) is 15.0. The van der Waals surface area contributed by atoms with Crippen LogP contribution in [0.2, 0.25) is 0 Å². The molecule has 0 bridgehead atoms. The average molecular weight is 323 g/mol. The van der Waals surface area contributed by atoms with E-state index in [0.717, 1.165) is 58.3 Å². The first kappa shape index (κ1) is 18.2. The predicted molar refractivity (Wildman–Crippen MR) is 91.8 cm³/mol. The van der Waals surface area contributed by atoms with E-state index in [0.29, 0.717) is 12.3 Å². The van der Waals surface area contributed by atoms with E-state index in [2.05, 4.69) is 20.8 Å². The molecule has 5 heteroatoms. The van der Waals surface area contributed by atoms with Crippen LogP contribution in [0.15, 0.2) is 0 Å². The van der Waals surface area contributed by atoms with Crippen molar-refractivity contribution in [1.29, 1.82) is 0 Å². The first-order valence-corrected chi connectivity index (χ1v) is 9.19. The van der Waals surface area contributed by atoms with Gasteiger partial charge in [0.25, 0.3) is 0 Å². The van der Waals surface area contributed by atoms with Gasteiger partial charge in [0.05, 0.1) is 6.04 Å². The number of rotatable bonds is 6. The van der Waals surface area contributed by atoms with E-state index in [4.69, 9.17) is 5.73 Å². The Bertz CT molecular complexity index is 428. The highest BCUT2D eigenvalue weighted by molar-refractivity contribution is 5.82. The SMILES string of the molecule is CCCC[C@H](N)C(=O)N1CCC2(CC1)CC(=O)N(CC(C)C)C2. The molecule has 0 radical (unpaired) electrons. The van der Waals surface area contributed by atoms with Crippen LogP contribution >= 0.6 is 0 Å². The van der Waals surface area contributed by atoms with Crippen molar-refractivity contribution in [3.63, 3.8) is 0 Å². The van der Waals surface area contributed by atoms with Crippen LogP contribution in [0, 0.1) is 11.3 Å². The minimum atomic E-state index is -0.355. The molecule has 2 aliphatic rings. The second-order valence-electron chi connectivity index (χ2n) is 7.92. The third-order valence-corrected chi connectivity index (χ3v) is 5.31. The topological polar surface area (TPSA) is 66.6 Å². The molecule has 0 aromatic rings. The van der Waals surface area contributed by atoms with Gasteiger partial charge in [0, 0.05) is 38.0 Å². The van der Waals surface area contributed by atoms with Crippen molar-refractivity contribution < 1.29 is 9.59 Å². The summed E-state index contributed by atoms with van der Waals surface area (Å²) in [5.74, 6) is 0.891. The molecule has 23 heavy (non-hydrogen) atoms. The van der Waals surface area contributed by atoms with Gasteiger partial charge in [-0.05, 0) is 25.2 Å². The maximum absolute atomic E-state index is 12.4. The van der Waals surface area contributed by atoms with Crippen LogP contribution in [0.3, 0.4) is 0 Å². The lowest BCUT2D eigenvalue weighted by Gasteiger charge is -2.39. The third-order valence-electron chi connectivity index (χ3n) is 5.31. The molecule has 2 fully saturated rings. The predicted octanol–water partition coefficient (Wildman–Crippen LogP) is 2.00. The minimum absolute atomic E-state index is 0.0935. The molecular weight excluding hydrogens is 290 g/mol. The number of piperidine rings is 1. The molecule has 0 unspecified atom stereocenters. The highest BCUT2D eigenvalue weighted by atomic mass is 16.2. The molecule has 2 heterocycles. The van der Waals surface area contributed by atoms with Crippen LogP contribution < -0.4 is 5.73 Å². The Morgan fingerprint density at radius 1 is 1.30 bits per heavy atom. The Morgan fingerprint density at radius 2 is 1.96 bits per heavy atom. The molecule has 5 nitrogen and oxygen atoms in total. The standard InChI is InChI=1S/C18H33N3O2/c1-4-5-6-15(19)17(23)20-9-7-18(8-10-20)11-16(22)21(13-18)12-14(2)3/h14-15H,4-13,19H2,1-3H3/t15-/m0/s1. The van der Waals surface area contributed by atoms with Crippen molar-refractivity contribution in [3.05, 3.63) is 0 Å². The lowest BCUT2D eigenvalue weighted by molar-refractivity contribution is -0.135. The van der Waals surface area contributed by atoms with E-state index in [-0.39, 0.29) is 23.3 Å². The Hall–Kier alpha value is -1.10. The van der Waals surface area contributed by atoms with Crippen molar-refractivity contribution in [2.45, 2.75) is 65.3 Å². The summed E-state index contributed by atoms with van der Waals surface area (Å²) in [6, 6.07) is -0.355. The van der Waals surface area contributed by atoms with Gasteiger partial charge in [0.2, 0.25) is 11.8 Å². The lowest BCUT2D eigenvalue weighted by atomic mass is 9.77. The first-order chi connectivity index (χ1) is 10.9. The number of amides is 2. The Morgan fingerprint density at radius 3 is 2.52 bits per heavy atom. The molecular formula is C18H33N3O2. The van der Waals surface area contributed by atoms with E-state index in [1.807, 2.05) is 9.80 Å². The average Bonchev–Trinajstić information content (AvgIpc) is 2.79. The second-order valence-corrected chi connectivity index (χ2v) is 7.92. The highest BCUT2D eigenvalue weighted by Crippen LogP contribution is 2.41. The summed E-state index contributed by atoms with van der Waals surface area (Å²) in [5, 5.41) is 0. The van der Waals surface area contributed by atoms with E-state index in [1.165, 1.54) is 0 Å². The highest BCUT2D eigenvalue weighted by Gasteiger charge is 2.45. The minimum Gasteiger partial charge on any atom is -0.342 e. The van der Waals surface area contributed by atoms with Crippen molar-refractivity contribution in [2.24, 2.45) is 17.1 Å². The number of nitrogens with two attached hydrogens (primary N) is 1. The summed E-state index contributed by atoms with van der Waals surface area (Å²) in [6.45, 7) is 9.64. The summed E-state index contributed by atoms with van der Waals surface area (Å²) < 4.78 is 0. The molecule has 2 N–H and O–H groups in total. The number of nitrogens with zero attached hydrogens (tertiary/aromatic N) is 2. The quantitative estimate of drug-likeness (QED) is 0.813. The summed E-state index contributed by atoms with van der Waals surface area (Å²) in [4.78, 5) is 28.6. The fourth-order valence-corrected chi connectivity index (χ4v) is 3.91. The normalized spacial score (nSPS) is 22.2. The van der Waals surface area contributed by atoms with Gasteiger partial charge < -0.3 is 15.5 Å². The summed E-state index contributed by atoms with van der Waals surface area (Å²) in [7, 11) is 0. The van der Waals surface area contributed by atoms with Gasteiger partial charge >= 0.3 is 0 Å². The van der Waals surface area contributed by atoms with Gasteiger partial charge in [-0.1, -0.05) is 33.6 Å². The van der Waals surface area contributed by atoms with Gasteiger partial charge in [-0.2, -0.15) is 0 Å². The van der Waals surface area contributed by atoms with Crippen LogP contribution in [0.5, 0.6) is 0 Å². The van der Waals surface area contributed by atoms with Crippen LogP contribution in [0.1, 0.15) is 59.3 Å². The van der Waals surface area contributed by atoms with E-state index in [9.17, 15) is 9.59 Å². The Balaban J connectivity index is 1.86. The maximum atomic E-state index is 12.4. The smallest absolute Gasteiger partial charge is 0.239 e. The third kappa shape index (κ3) is 4.46. The molecule has 2 amide bonds. The summed E-state index contributed by atoms with van der Waals surface area (Å²) in [5.41, 5.74) is 6.12. The van der Waals surface area contributed by atoms with Gasteiger partial charge in [-0.3, -0.25) is 9.59 Å². The van der Waals surface area contributed by atoms with E-state index >= 15 is 0 Å². The fraction of sp³-hybridized carbons (Fsp3) is 0.889. The van der Waals surface area contributed by atoms with Crippen molar-refractivity contribution in [1.82, 2.24) is 9.80 Å². The van der Waals surface area contributed by atoms with Gasteiger partial charge in [-0.15, -0.1) is 0 Å². The van der Waals surface area contributed by atoms with Gasteiger partial charge in [0.1, 0.15) is 0 Å². The first-order valence-electron chi connectivity index (χ1n) is 9.19. The summed E-state index contributed by atoms with van der Waals surface area (Å²) in [6.07, 6.45) is 5.36. The zero-order valence-corrected chi connectivity index (χ0v) is 15.0. The molecule has 1 atom stereocenters. The molecule has 2 aliphatic heterocycles. The number of carbonyl (C=O) groups is 2. The second kappa shape index (κ2) is 7.65. The van der Waals surface area contributed by atoms with Crippen LogP contribution in [-0.2, 0) is 9.59 Å². The molecule has 0 aliphatic carbocycles. The van der Waals surface area contributed by atoms with Crippen LogP contribution in [0.25, 0.3) is 0 Å². The largest absolute Gasteiger partial charge is 0.342 e. The number of carbonyl (C=O) groups excluding carboxylic acids is 2. The molecule has 2 rings (SSSR count). The molecule has 0 saturated carbocycles. The van der Waals surface area contributed by atoms with Gasteiger partial charge in [0.15, 0.2) is 0 Å². The van der Waals surface area contributed by atoms with E-state index < -0.39 is 0 Å². The monoisotopic (exact) mass is 323 g/mol. The number of likely N-dealkylation sites (tertiary alicyclic amines) is 2. The van der Waals surface area contributed by atoms with E-state index in [1.54, 1.807) is 0 Å². The molecule has 0 aromatic heterocycles. The number of hydrogen-bond acceptors (Lipinski definition) is 3. The van der Waals surface area contributed by atoms with Crippen LogP contribution in [0.4, 0.5) is 0 Å². The molecule has 2 saturated heterocycles. The maximum Gasteiger partial charge on any atom is 0.239 e. The van der Waals surface area contributed by atoms with Gasteiger partial charge in [-0.25, -0.2) is 0 Å². The van der Waals surface area contributed by atoms with Crippen molar-refractivity contribution in [2.75, 3.05) is 26.2 Å². The molecule has 0 aromatic carbocycles. The Labute approximate surface area is 140 Å². The lowest BCUT2D eigenvalue weighted by Crippen LogP contribution is -2.50. The summed E-state index contributed by atoms with van der Waals surface area (Å²) >= 11 is 0.